The molecule has 0 radical (unpaired) electrons. The van der Waals surface area contributed by atoms with E-state index in [1.54, 1.807) is 7.11 Å². The molecule has 0 aromatic carbocycles. The molecular weight excluding hydrogens is 254 g/mol. The van der Waals surface area contributed by atoms with Crippen LogP contribution in [0.4, 0.5) is 0 Å². The van der Waals surface area contributed by atoms with E-state index < -0.39 is 0 Å². The Bertz CT molecular complexity index is 199. The molecule has 0 aliphatic heterocycles. The molecule has 0 heterocycles. The molecule has 0 fully saturated rings. The second-order valence-electron chi connectivity index (χ2n) is 3.71. The quantitative estimate of drug-likeness (QED) is 0.162. The molecule has 17 heavy (non-hydrogen) atoms. The Kier molecular flexibility index (Phi) is 15.9. The van der Waals surface area contributed by atoms with Gasteiger partial charge in [0.05, 0.1) is 0 Å². The van der Waals surface area contributed by atoms with Crippen LogP contribution in [0.15, 0.2) is 5.11 Å². The van der Waals surface area contributed by atoms with Crippen LogP contribution in [0.2, 0.25) is 0 Å². The Morgan fingerprint density at radius 2 is 1.65 bits per heavy atom. The van der Waals surface area contributed by atoms with Crippen LogP contribution in [-0.2, 0) is 4.74 Å². The van der Waals surface area contributed by atoms with Crippen molar-refractivity contribution in [1.82, 2.24) is 0 Å². The molecule has 100 valence electrons. The van der Waals surface area contributed by atoms with Gasteiger partial charge in [-0.15, -0.1) is 0 Å². The van der Waals surface area contributed by atoms with Gasteiger partial charge in [-0.2, -0.15) is 0 Å². The lowest BCUT2D eigenvalue weighted by Gasteiger charge is -2.01. The highest BCUT2D eigenvalue weighted by Gasteiger charge is 1.93. The number of ether oxygens (including phenoxy) is 1. The van der Waals surface area contributed by atoms with Crippen LogP contribution < -0.4 is 0 Å². The van der Waals surface area contributed by atoms with Crippen molar-refractivity contribution in [2.75, 3.05) is 31.8 Å². The fourth-order valence-corrected chi connectivity index (χ4v) is 3.56. The lowest BCUT2D eigenvalue weighted by molar-refractivity contribution is 0.194. The van der Waals surface area contributed by atoms with Gasteiger partial charge in [0.2, 0.25) is 0 Å². The van der Waals surface area contributed by atoms with Gasteiger partial charge in [0.25, 0.3) is 0 Å². The lowest BCUT2D eigenvalue weighted by Crippen LogP contribution is -1.89. The van der Waals surface area contributed by atoms with Gasteiger partial charge >= 0.3 is 0 Å². The molecule has 0 atom stereocenters. The van der Waals surface area contributed by atoms with Crippen molar-refractivity contribution in [3.05, 3.63) is 10.4 Å². The monoisotopic (exact) mass is 277 g/mol. The van der Waals surface area contributed by atoms with Crippen molar-refractivity contribution >= 4 is 21.6 Å². The Hall–Kier alpha value is -0.0300. The molecule has 6 heteroatoms. The minimum Gasteiger partial charge on any atom is -0.385 e. The first-order valence-electron chi connectivity index (χ1n) is 6.16. The predicted octanol–water partition coefficient (Wildman–Crippen LogP) is 4.67. The predicted molar refractivity (Wildman–Crippen MR) is 78.5 cm³/mol. The van der Waals surface area contributed by atoms with Crippen molar-refractivity contribution in [3.8, 4) is 0 Å². The van der Waals surface area contributed by atoms with E-state index in [1.807, 2.05) is 21.6 Å². The summed E-state index contributed by atoms with van der Waals surface area (Å²) in [6.07, 6.45) is 7.14. The van der Waals surface area contributed by atoms with Crippen molar-refractivity contribution in [2.24, 2.45) is 5.11 Å². The first-order valence-corrected chi connectivity index (χ1v) is 8.65. The summed E-state index contributed by atoms with van der Waals surface area (Å²) in [6.45, 7) is 1.54. The largest absolute Gasteiger partial charge is 0.385 e. The summed E-state index contributed by atoms with van der Waals surface area (Å²) in [5.41, 5.74) is 8.09. The SMILES string of the molecule is COCCCCSSCCCCCCN=[N+]=[N-]. The zero-order chi connectivity index (χ0) is 12.6. The normalized spacial score (nSPS) is 10.2. The van der Waals surface area contributed by atoms with E-state index in [9.17, 15) is 0 Å². The minimum atomic E-state index is 0.651. The highest BCUT2D eigenvalue weighted by molar-refractivity contribution is 8.76. The molecule has 0 aromatic heterocycles. The fraction of sp³-hybridized carbons (Fsp3) is 1.00. The zero-order valence-electron chi connectivity index (χ0n) is 10.6. The maximum absolute atomic E-state index is 8.09. The Balaban J connectivity index is 2.91. The zero-order valence-corrected chi connectivity index (χ0v) is 12.3. The van der Waals surface area contributed by atoms with Gasteiger partial charge in [0, 0.05) is 36.7 Å². The van der Waals surface area contributed by atoms with Crippen molar-refractivity contribution in [3.63, 3.8) is 0 Å². The summed E-state index contributed by atoms with van der Waals surface area (Å²) in [6, 6.07) is 0. The van der Waals surface area contributed by atoms with Gasteiger partial charge in [-0.3, -0.25) is 0 Å². The van der Waals surface area contributed by atoms with E-state index >= 15 is 0 Å². The Morgan fingerprint density at radius 1 is 1.00 bits per heavy atom. The van der Waals surface area contributed by atoms with Crippen LogP contribution in [0.1, 0.15) is 38.5 Å². The van der Waals surface area contributed by atoms with E-state index in [0.29, 0.717) is 6.54 Å². The highest BCUT2D eigenvalue weighted by Crippen LogP contribution is 2.24. The van der Waals surface area contributed by atoms with E-state index in [-0.39, 0.29) is 0 Å². The topological polar surface area (TPSA) is 58.0 Å². The summed E-state index contributed by atoms with van der Waals surface area (Å²) in [5.74, 6) is 2.46. The summed E-state index contributed by atoms with van der Waals surface area (Å²) in [7, 11) is 5.70. The smallest absolute Gasteiger partial charge is 0.0462 e. The number of hydrogen-bond donors (Lipinski definition) is 0. The molecular formula is C11H23N3OS2. The van der Waals surface area contributed by atoms with Crippen LogP contribution in [0.5, 0.6) is 0 Å². The Labute approximate surface area is 112 Å². The molecule has 0 aromatic rings. The minimum absolute atomic E-state index is 0.651. The van der Waals surface area contributed by atoms with Crippen LogP contribution in [0.25, 0.3) is 10.4 Å². The van der Waals surface area contributed by atoms with Gasteiger partial charge in [0.1, 0.15) is 0 Å². The van der Waals surface area contributed by atoms with Gasteiger partial charge in [-0.25, -0.2) is 0 Å². The first-order chi connectivity index (χ1) is 8.41. The third kappa shape index (κ3) is 16.0. The molecule has 0 N–H and O–H groups in total. The Morgan fingerprint density at radius 3 is 2.29 bits per heavy atom. The summed E-state index contributed by atoms with van der Waals surface area (Å²) in [4.78, 5) is 2.73. The molecule has 0 rings (SSSR count). The van der Waals surface area contributed by atoms with Crippen LogP contribution in [0, 0.1) is 0 Å². The molecule has 4 nitrogen and oxygen atoms in total. The third-order valence-electron chi connectivity index (χ3n) is 2.21. The van der Waals surface area contributed by atoms with Gasteiger partial charge in [-0.1, -0.05) is 39.5 Å². The van der Waals surface area contributed by atoms with Crippen molar-refractivity contribution in [1.29, 1.82) is 0 Å². The fourth-order valence-electron chi connectivity index (χ4n) is 1.27. The number of hydrogen-bond acceptors (Lipinski definition) is 4. The van der Waals surface area contributed by atoms with E-state index in [0.717, 1.165) is 13.0 Å². The van der Waals surface area contributed by atoms with Gasteiger partial charge in [0.15, 0.2) is 0 Å². The van der Waals surface area contributed by atoms with Gasteiger partial charge in [-0.05, 0) is 31.2 Å². The second-order valence-corrected chi connectivity index (χ2v) is 6.41. The number of unbranched alkanes of at least 4 members (excludes halogenated alkanes) is 4. The van der Waals surface area contributed by atoms with E-state index in [1.165, 1.54) is 43.6 Å². The molecule has 0 spiro atoms. The maximum atomic E-state index is 8.09. The molecule has 0 saturated heterocycles. The number of azide groups is 1. The van der Waals surface area contributed by atoms with Crippen molar-refractivity contribution < 1.29 is 4.74 Å². The number of methoxy groups -OCH3 is 1. The summed E-state index contributed by atoms with van der Waals surface area (Å²) < 4.78 is 5.00. The molecule has 0 aliphatic carbocycles. The van der Waals surface area contributed by atoms with Crippen LogP contribution in [-0.4, -0.2) is 31.8 Å². The summed E-state index contributed by atoms with van der Waals surface area (Å²) in [5, 5.41) is 3.52. The maximum Gasteiger partial charge on any atom is 0.0462 e. The van der Waals surface area contributed by atoms with Gasteiger partial charge < -0.3 is 4.74 Å². The second kappa shape index (κ2) is 16.0. The highest BCUT2D eigenvalue weighted by atomic mass is 33.1. The van der Waals surface area contributed by atoms with Crippen LogP contribution >= 0.6 is 21.6 Å². The molecule has 0 bridgehead atoms. The number of nitrogens with zero attached hydrogens (tertiary/aromatic N) is 3. The molecule has 0 aliphatic rings. The third-order valence-corrected chi connectivity index (χ3v) is 4.79. The molecule has 0 amide bonds. The molecule has 0 saturated carbocycles. The van der Waals surface area contributed by atoms with E-state index in [4.69, 9.17) is 10.3 Å². The average Bonchev–Trinajstić information content (AvgIpc) is 2.35. The number of rotatable bonds is 13. The van der Waals surface area contributed by atoms with Crippen LogP contribution in [0.3, 0.4) is 0 Å². The average molecular weight is 277 g/mol. The first kappa shape index (κ1) is 17.0. The summed E-state index contributed by atoms with van der Waals surface area (Å²) >= 11 is 0. The standard InChI is InChI=1S/C11H23N3OS2/c1-15-9-5-7-11-17-16-10-6-3-2-4-8-13-14-12/h2-11H2,1H3. The van der Waals surface area contributed by atoms with Crippen molar-refractivity contribution in [2.45, 2.75) is 38.5 Å². The van der Waals surface area contributed by atoms with E-state index in [2.05, 4.69) is 10.0 Å². The molecule has 0 unspecified atom stereocenters. The lowest BCUT2D eigenvalue weighted by atomic mass is 10.2.